The molecular weight excluding hydrogens is 358 g/mol. The number of ether oxygens (including phenoxy) is 2. The minimum absolute atomic E-state index is 0.128. The van der Waals surface area contributed by atoms with Gasteiger partial charge in [0, 0.05) is 35.3 Å². The zero-order chi connectivity index (χ0) is 19.6. The summed E-state index contributed by atoms with van der Waals surface area (Å²) in [6.45, 7) is 0.449. The third-order valence-corrected chi connectivity index (χ3v) is 7.46. The van der Waals surface area contributed by atoms with E-state index in [1.807, 2.05) is 6.07 Å². The molecule has 2 bridgehead atoms. The molecule has 28 heavy (non-hydrogen) atoms. The minimum Gasteiger partial charge on any atom is -0.493 e. The second-order valence-corrected chi connectivity index (χ2v) is 8.66. The monoisotopic (exact) mass is 385 g/mol. The highest BCUT2D eigenvalue weighted by Gasteiger charge is 2.64. The molecule has 2 aliphatic heterocycles. The van der Waals surface area contributed by atoms with Crippen molar-refractivity contribution in [1.29, 1.82) is 0 Å². The number of hydrogen-bond donors (Lipinski definition) is 2. The number of Topliss-reactive ketones (excluding diaryl/α,β-unsaturated/α-hetero) is 1. The Morgan fingerprint density at radius 1 is 1.43 bits per heavy atom. The van der Waals surface area contributed by atoms with E-state index in [0.29, 0.717) is 12.0 Å². The van der Waals surface area contributed by atoms with Crippen molar-refractivity contribution in [3.8, 4) is 11.5 Å². The van der Waals surface area contributed by atoms with Gasteiger partial charge < -0.3 is 24.6 Å². The normalized spacial score (nSPS) is 35.9. The maximum absolute atomic E-state index is 12.4. The van der Waals surface area contributed by atoms with Crippen molar-refractivity contribution in [3.05, 3.63) is 35.4 Å². The molecule has 0 amide bonds. The highest BCUT2D eigenvalue weighted by Crippen LogP contribution is 2.63. The van der Waals surface area contributed by atoms with Crippen molar-refractivity contribution in [2.24, 2.45) is 11.8 Å². The Kier molecular flexibility index (Phi) is 4.09. The molecule has 2 N–H and O–H groups in total. The fourth-order valence-electron chi connectivity index (χ4n) is 6.16. The Balaban J connectivity index is 1.63. The molecule has 6 nitrogen and oxygen atoms in total. The molecule has 4 aliphatic rings. The molecule has 1 unspecified atom stereocenters. The van der Waals surface area contributed by atoms with Crippen LogP contribution in [0.1, 0.15) is 24.0 Å². The summed E-state index contributed by atoms with van der Waals surface area (Å²) in [6.07, 6.45) is 5.03. The molecule has 1 aromatic carbocycles. The molecule has 0 radical (unpaired) electrons. The number of carbonyl (C=O) groups is 1. The average Bonchev–Trinajstić information content (AvgIpc) is 3.06. The first-order valence-electron chi connectivity index (χ1n) is 10.1. The lowest BCUT2D eigenvalue weighted by molar-refractivity contribution is -0.131. The number of likely N-dealkylation sites (N-methyl/N-ethyl adjacent to an activating group) is 1. The zero-order valence-electron chi connectivity index (χ0n) is 16.3. The number of aliphatic hydroxyl groups excluding tert-OH is 2. The fourth-order valence-corrected chi connectivity index (χ4v) is 6.16. The summed E-state index contributed by atoms with van der Waals surface area (Å²) >= 11 is 0. The van der Waals surface area contributed by atoms with E-state index in [-0.39, 0.29) is 29.6 Å². The van der Waals surface area contributed by atoms with Crippen molar-refractivity contribution in [2.75, 3.05) is 27.3 Å². The predicted molar refractivity (Wildman–Crippen MR) is 103 cm³/mol. The highest BCUT2D eigenvalue weighted by atomic mass is 16.5. The average molecular weight is 385 g/mol. The molecule has 2 aliphatic carbocycles. The summed E-state index contributed by atoms with van der Waals surface area (Å²) < 4.78 is 12.2. The standard InChI is InChI=1S/C22H27NO5/c1-23-8-7-22-14-5-3-13(10-16(25)17(26)11-24)21(22)28-20-18(27-2)6-4-12(19(20)22)9-15(14)23/h3-6,13-15,17,21,24,26H,7-11H2,1-2H3/t13-,14+,15-,17?,21+,22+/m1/s1. The number of benzene rings is 1. The van der Waals surface area contributed by atoms with Crippen molar-refractivity contribution in [2.45, 2.75) is 42.9 Å². The fraction of sp³-hybridized carbons (Fsp3) is 0.591. The van der Waals surface area contributed by atoms with Gasteiger partial charge in [-0.1, -0.05) is 18.2 Å². The summed E-state index contributed by atoms with van der Waals surface area (Å²) in [5, 5.41) is 18.9. The van der Waals surface area contributed by atoms with Crippen LogP contribution in [0.5, 0.6) is 11.5 Å². The van der Waals surface area contributed by atoms with Gasteiger partial charge in [-0.3, -0.25) is 4.79 Å². The van der Waals surface area contributed by atoms with E-state index in [0.717, 1.165) is 30.9 Å². The number of hydrogen-bond acceptors (Lipinski definition) is 6. The maximum Gasteiger partial charge on any atom is 0.165 e. The number of ketones is 1. The number of nitrogens with zero attached hydrogens (tertiary/aromatic N) is 1. The second-order valence-electron chi connectivity index (χ2n) is 8.66. The lowest BCUT2D eigenvalue weighted by Gasteiger charge is -2.57. The van der Waals surface area contributed by atoms with Crippen LogP contribution in [0.3, 0.4) is 0 Å². The van der Waals surface area contributed by atoms with Crippen LogP contribution >= 0.6 is 0 Å². The van der Waals surface area contributed by atoms with Gasteiger partial charge in [0.25, 0.3) is 0 Å². The van der Waals surface area contributed by atoms with Crippen LogP contribution in [0.25, 0.3) is 0 Å². The second kappa shape index (κ2) is 6.31. The largest absolute Gasteiger partial charge is 0.493 e. The number of aliphatic hydroxyl groups is 2. The van der Waals surface area contributed by atoms with Crippen LogP contribution in [-0.2, 0) is 16.6 Å². The van der Waals surface area contributed by atoms with Gasteiger partial charge >= 0.3 is 0 Å². The Morgan fingerprint density at radius 2 is 2.25 bits per heavy atom. The molecule has 0 saturated carbocycles. The molecule has 1 aromatic rings. The quantitative estimate of drug-likeness (QED) is 0.739. The van der Waals surface area contributed by atoms with Gasteiger partial charge in [-0.25, -0.2) is 0 Å². The predicted octanol–water partition coefficient (Wildman–Crippen LogP) is 1.07. The topological polar surface area (TPSA) is 79.2 Å². The van der Waals surface area contributed by atoms with E-state index in [1.165, 1.54) is 11.1 Å². The Labute approximate surface area is 164 Å². The molecule has 6 atom stereocenters. The van der Waals surface area contributed by atoms with Crippen LogP contribution in [-0.4, -0.2) is 66.5 Å². The molecule has 1 spiro atoms. The van der Waals surface area contributed by atoms with Crippen molar-refractivity contribution >= 4 is 5.78 Å². The van der Waals surface area contributed by atoms with Crippen molar-refractivity contribution in [3.63, 3.8) is 0 Å². The molecule has 5 rings (SSSR count). The Bertz CT molecular complexity index is 852. The summed E-state index contributed by atoms with van der Waals surface area (Å²) in [4.78, 5) is 14.8. The number of piperidine rings is 1. The van der Waals surface area contributed by atoms with Gasteiger partial charge in [0.1, 0.15) is 12.2 Å². The molecule has 150 valence electrons. The van der Waals surface area contributed by atoms with E-state index in [9.17, 15) is 9.90 Å². The van der Waals surface area contributed by atoms with Crippen LogP contribution in [0.2, 0.25) is 0 Å². The Hall–Kier alpha value is -1.89. The van der Waals surface area contributed by atoms with Gasteiger partial charge in [-0.15, -0.1) is 0 Å². The summed E-state index contributed by atoms with van der Waals surface area (Å²) in [6, 6.07) is 4.57. The van der Waals surface area contributed by atoms with E-state index < -0.39 is 12.7 Å². The van der Waals surface area contributed by atoms with E-state index in [1.54, 1.807) is 7.11 Å². The van der Waals surface area contributed by atoms with Crippen molar-refractivity contribution in [1.82, 2.24) is 4.90 Å². The first-order valence-corrected chi connectivity index (χ1v) is 10.1. The van der Waals surface area contributed by atoms with Gasteiger partial charge in [-0.2, -0.15) is 0 Å². The third kappa shape index (κ3) is 2.22. The number of likely N-dealkylation sites (tertiary alicyclic amines) is 1. The van der Waals surface area contributed by atoms with E-state index in [4.69, 9.17) is 14.6 Å². The van der Waals surface area contributed by atoms with E-state index >= 15 is 0 Å². The molecule has 6 heteroatoms. The summed E-state index contributed by atoms with van der Waals surface area (Å²) in [5.74, 6) is 1.46. The SMILES string of the molecule is COc1ccc2c3c1O[C@H]1[C@@H](CC(=O)C(O)CO)C=C[C@H]4[C@@H](C2)N(C)CC[C@@]341. The van der Waals surface area contributed by atoms with Crippen LogP contribution in [0.4, 0.5) is 0 Å². The summed E-state index contributed by atoms with van der Waals surface area (Å²) in [7, 11) is 3.86. The lowest BCUT2D eigenvalue weighted by atomic mass is 9.52. The molecule has 2 heterocycles. The maximum atomic E-state index is 12.4. The van der Waals surface area contributed by atoms with Gasteiger partial charge in [0.15, 0.2) is 17.3 Å². The summed E-state index contributed by atoms with van der Waals surface area (Å²) in [5.41, 5.74) is 2.44. The third-order valence-electron chi connectivity index (χ3n) is 7.46. The van der Waals surface area contributed by atoms with Crippen LogP contribution < -0.4 is 9.47 Å². The molecular formula is C22H27NO5. The van der Waals surface area contributed by atoms with Crippen molar-refractivity contribution < 1.29 is 24.5 Å². The lowest BCUT2D eigenvalue weighted by Crippen LogP contribution is -2.64. The first kappa shape index (κ1) is 18.2. The Morgan fingerprint density at radius 3 is 3.00 bits per heavy atom. The molecule has 1 saturated heterocycles. The van der Waals surface area contributed by atoms with Crippen LogP contribution in [0, 0.1) is 11.8 Å². The highest BCUT2D eigenvalue weighted by molar-refractivity contribution is 5.83. The number of rotatable bonds is 5. The molecule has 0 aromatic heterocycles. The molecule has 1 fully saturated rings. The zero-order valence-corrected chi connectivity index (χ0v) is 16.3. The van der Waals surface area contributed by atoms with Gasteiger partial charge in [0.2, 0.25) is 0 Å². The smallest absolute Gasteiger partial charge is 0.165 e. The van der Waals surface area contributed by atoms with Crippen LogP contribution in [0.15, 0.2) is 24.3 Å². The van der Waals surface area contributed by atoms with Gasteiger partial charge in [0.05, 0.1) is 13.7 Å². The van der Waals surface area contributed by atoms with Gasteiger partial charge in [-0.05, 0) is 38.1 Å². The minimum atomic E-state index is -1.32. The first-order chi connectivity index (χ1) is 13.5. The van der Waals surface area contributed by atoms with E-state index in [2.05, 4.69) is 30.2 Å². The number of methoxy groups -OCH3 is 1. The number of carbonyl (C=O) groups excluding carboxylic acids is 1.